The molecule has 1 aromatic heterocycles. The highest BCUT2D eigenvalue weighted by molar-refractivity contribution is 7.99. The molecule has 1 aliphatic heterocycles. The summed E-state index contributed by atoms with van der Waals surface area (Å²) < 4.78 is 2.20. The van der Waals surface area contributed by atoms with Gasteiger partial charge in [-0.15, -0.1) is 0 Å². The van der Waals surface area contributed by atoms with Crippen molar-refractivity contribution in [3.63, 3.8) is 0 Å². The van der Waals surface area contributed by atoms with Crippen LogP contribution in [0.25, 0.3) is 0 Å². The van der Waals surface area contributed by atoms with E-state index in [4.69, 9.17) is 0 Å². The molecular weight excluding hydrogens is 258 g/mol. The van der Waals surface area contributed by atoms with E-state index in [1.165, 1.54) is 0 Å². The lowest BCUT2D eigenvalue weighted by molar-refractivity contribution is -0.125. The Kier molecular flexibility index (Phi) is 3.92. The number of nitrogens with one attached hydrogen (secondary N) is 1. The lowest BCUT2D eigenvalue weighted by Gasteiger charge is -2.16. The summed E-state index contributed by atoms with van der Waals surface area (Å²) in [5.74, 6) is 1.51. The summed E-state index contributed by atoms with van der Waals surface area (Å²) in [6.07, 6.45) is 10.1. The largest absolute Gasteiger partial charge is 0.355 e. The van der Waals surface area contributed by atoms with Gasteiger partial charge in [-0.05, 0) is 19.3 Å². The molecule has 1 atom stereocenters. The van der Waals surface area contributed by atoms with Gasteiger partial charge in [-0.25, -0.2) is 4.98 Å². The number of hydrogen-bond acceptors (Lipinski definition) is 3. The Morgan fingerprint density at radius 1 is 1.53 bits per heavy atom. The van der Waals surface area contributed by atoms with Gasteiger partial charge in [0.2, 0.25) is 5.91 Å². The zero-order chi connectivity index (χ0) is 13.1. The van der Waals surface area contributed by atoms with Gasteiger partial charge in [0, 0.05) is 37.4 Å². The molecule has 102 valence electrons. The zero-order valence-electron chi connectivity index (χ0n) is 11.0. The van der Waals surface area contributed by atoms with Crippen molar-refractivity contribution in [3.8, 4) is 0 Å². The highest BCUT2D eigenvalue weighted by atomic mass is 32.2. The quantitative estimate of drug-likeness (QED) is 0.856. The molecule has 4 nitrogen and oxygen atoms in total. The standard InChI is InChI=1S/C14H19N3OS/c18-13(11-4-2-1-3-5-11)15-7-6-12-10-17-8-9-19-14(17)16-12/h1-2,10-11H,3-9H2,(H,15,18)/t11-/m0/s1. The molecule has 0 aromatic carbocycles. The Hall–Kier alpha value is -1.23. The van der Waals surface area contributed by atoms with Gasteiger partial charge in [-0.2, -0.15) is 0 Å². The SMILES string of the molecule is O=C(NCCc1cn2c(n1)SCC2)[C@H]1CC=CCC1. The first-order valence-electron chi connectivity index (χ1n) is 6.94. The van der Waals surface area contributed by atoms with E-state index in [-0.39, 0.29) is 11.8 Å². The second-order valence-corrected chi connectivity index (χ2v) is 6.14. The number of aromatic nitrogens is 2. The minimum Gasteiger partial charge on any atom is -0.355 e. The van der Waals surface area contributed by atoms with Crippen LogP contribution in [0.2, 0.25) is 0 Å². The molecule has 0 fully saturated rings. The van der Waals surface area contributed by atoms with E-state index in [0.29, 0.717) is 6.54 Å². The van der Waals surface area contributed by atoms with Crippen LogP contribution in [0.1, 0.15) is 25.0 Å². The van der Waals surface area contributed by atoms with E-state index in [9.17, 15) is 4.79 Å². The number of carbonyl (C=O) groups excluding carboxylic acids is 1. The molecule has 0 radical (unpaired) electrons. The van der Waals surface area contributed by atoms with Crippen molar-refractivity contribution in [1.82, 2.24) is 14.9 Å². The van der Waals surface area contributed by atoms with Gasteiger partial charge >= 0.3 is 0 Å². The summed E-state index contributed by atoms with van der Waals surface area (Å²) in [4.78, 5) is 16.5. The van der Waals surface area contributed by atoms with Gasteiger partial charge in [0.25, 0.3) is 0 Å². The highest BCUT2D eigenvalue weighted by Gasteiger charge is 2.18. The molecule has 0 spiro atoms. The first kappa shape index (κ1) is 12.8. The van der Waals surface area contributed by atoms with Crippen molar-refractivity contribution in [1.29, 1.82) is 0 Å². The Labute approximate surface area is 117 Å². The van der Waals surface area contributed by atoms with E-state index < -0.39 is 0 Å². The highest BCUT2D eigenvalue weighted by Crippen LogP contribution is 2.24. The molecular formula is C14H19N3OS. The van der Waals surface area contributed by atoms with Gasteiger partial charge in [-0.3, -0.25) is 4.79 Å². The van der Waals surface area contributed by atoms with Crippen molar-refractivity contribution in [2.75, 3.05) is 12.3 Å². The maximum atomic E-state index is 12.0. The molecule has 0 unspecified atom stereocenters. The molecule has 0 bridgehead atoms. The van der Waals surface area contributed by atoms with Gasteiger partial charge in [0.1, 0.15) is 0 Å². The number of thioether (sulfide) groups is 1. The smallest absolute Gasteiger partial charge is 0.223 e. The molecule has 2 aliphatic rings. The van der Waals surface area contributed by atoms with Crippen molar-refractivity contribution < 1.29 is 4.79 Å². The average Bonchev–Trinajstić information content (AvgIpc) is 3.00. The lowest BCUT2D eigenvalue weighted by Crippen LogP contribution is -2.32. The van der Waals surface area contributed by atoms with Crippen LogP contribution in [0, 0.1) is 5.92 Å². The number of imidazole rings is 1. The average molecular weight is 277 g/mol. The fourth-order valence-electron chi connectivity index (χ4n) is 2.57. The van der Waals surface area contributed by atoms with E-state index in [1.807, 2.05) is 11.8 Å². The number of aryl methyl sites for hydroxylation is 1. The van der Waals surface area contributed by atoms with Crippen molar-refractivity contribution in [2.45, 2.75) is 37.4 Å². The second-order valence-electron chi connectivity index (χ2n) is 5.08. The first-order valence-corrected chi connectivity index (χ1v) is 7.93. The molecule has 19 heavy (non-hydrogen) atoms. The second kappa shape index (κ2) is 5.82. The molecule has 2 heterocycles. The number of hydrogen-bond donors (Lipinski definition) is 1. The van der Waals surface area contributed by atoms with Crippen LogP contribution >= 0.6 is 11.8 Å². The molecule has 0 saturated carbocycles. The maximum Gasteiger partial charge on any atom is 0.223 e. The van der Waals surface area contributed by atoms with Crippen LogP contribution in [0.5, 0.6) is 0 Å². The van der Waals surface area contributed by atoms with E-state index >= 15 is 0 Å². The van der Waals surface area contributed by atoms with Crippen LogP contribution in [0.3, 0.4) is 0 Å². The van der Waals surface area contributed by atoms with Crippen molar-refractivity contribution >= 4 is 17.7 Å². The Bertz CT molecular complexity index is 473. The Morgan fingerprint density at radius 3 is 3.26 bits per heavy atom. The summed E-state index contributed by atoms with van der Waals surface area (Å²) in [6.45, 7) is 1.76. The summed E-state index contributed by atoms with van der Waals surface area (Å²) >= 11 is 1.81. The Morgan fingerprint density at radius 2 is 2.47 bits per heavy atom. The number of amides is 1. The molecule has 0 saturated heterocycles. The molecule has 1 N–H and O–H groups in total. The number of rotatable bonds is 4. The predicted octanol–water partition coefficient (Wildman–Crippen LogP) is 2.00. The van der Waals surface area contributed by atoms with E-state index in [2.05, 4.69) is 33.2 Å². The summed E-state index contributed by atoms with van der Waals surface area (Å²) in [5.41, 5.74) is 1.09. The fourth-order valence-corrected chi connectivity index (χ4v) is 3.53. The number of allylic oxidation sites excluding steroid dienone is 2. The first-order chi connectivity index (χ1) is 9.33. The molecule has 1 aromatic rings. The van der Waals surface area contributed by atoms with Gasteiger partial charge in [0.05, 0.1) is 5.69 Å². The van der Waals surface area contributed by atoms with E-state index in [0.717, 1.165) is 48.8 Å². The maximum absolute atomic E-state index is 12.0. The van der Waals surface area contributed by atoms with Gasteiger partial charge in [0.15, 0.2) is 5.16 Å². The lowest BCUT2D eigenvalue weighted by atomic mass is 9.94. The minimum atomic E-state index is 0.174. The van der Waals surface area contributed by atoms with Crippen LogP contribution in [0.4, 0.5) is 0 Å². The molecule has 1 amide bonds. The van der Waals surface area contributed by atoms with Gasteiger partial charge < -0.3 is 9.88 Å². The summed E-state index contributed by atoms with van der Waals surface area (Å²) in [5, 5.41) is 4.16. The number of carbonyl (C=O) groups is 1. The molecule has 5 heteroatoms. The molecule has 3 rings (SSSR count). The fraction of sp³-hybridized carbons (Fsp3) is 0.571. The van der Waals surface area contributed by atoms with Crippen LogP contribution in [-0.2, 0) is 17.8 Å². The summed E-state index contributed by atoms with van der Waals surface area (Å²) in [7, 11) is 0. The van der Waals surface area contributed by atoms with Crippen LogP contribution < -0.4 is 5.32 Å². The topological polar surface area (TPSA) is 46.9 Å². The normalized spacial score (nSPS) is 21.4. The van der Waals surface area contributed by atoms with Crippen LogP contribution in [-0.4, -0.2) is 27.8 Å². The number of nitrogens with zero attached hydrogens (tertiary/aromatic N) is 2. The van der Waals surface area contributed by atoms with Gasteiger partial charge in [-0.1, -0.05) is 23.9 Å². The van der Waals surface area contributed by atoms with E-state index in [1.54, 1.807) is 0 Å². The molecule has 1 aliphatic carbocycles. The minimum absolute atomic E-state index is 0.174. The zero-order valence-corrected chi connectivity index (χ0v) is 11.8. The van der Waals surface area contributed by atoms with Crippen molar-refractivity contribution in [2.24, 2.45) is 5.92 Å². The Balaban J connectivity index is 1.44. The number of fused-ring (bicyclic) bond motifs is 1. The third-order valence-electron chi connectivity index (χ3n) is 3.67. The predicted molar refractivity (Wildman–Crippen MR) is 76.1 cm³/mol. The third-order valence-corrected chi connectivity index (χ3v) is 4.64. The monoisotopic (exact) mass is 277 g/mol. The summed E-state index contributed by atoms with van der Waals surface area (Å²) in [6, 6.07) is 0. The van der Waals surface area contributed by atoms with Crippen molar-refractivity contribution in [3.05, 3.63) is 24.0 Å². The van der Waals surface area contributed by atoms with Crippen LogP contribution in [0.15, 0.2) is 23.5 Å². The third kappa shape index (κ3) is 3.03.